The van der Waals surface area contributed by atoms with Gasteiger partial charge in [-0.05, 0) is 110 Å². The van der Waals surface area contributed by atoms with Crippen LogP contribution in [0.1, 0.15) is 0 Å². The minimum Gasteiger partial charge on any atom is -0.355 e. The second-order valence-electron chi connectivity index (χ2n) is 15.0. The van der Waals surface area contributed by atoms with Gasteiger partial charge in [0.1, 0.15) is 0 Å². The highest BCUT2D eigenvalue weighted by Gasteiger charge is 2.19. The van der Waals surface area contributed by atoms with E-state index in [1.54, 1.807) is 0 Å². The molecule has 0 saturated carbocycles. The highest BCUT2D eigenvalue weighted by atomic mass is 15.1. The molecule has 0 heterocycles. The van der Waals surface area contributed by atoms with E-state index in [-0.39, 0.29) is 0 Å². The summed E-state index contributed by atoms with van der Waals surface area (Å²) in [5, 5.41) is 6.24. The molecule has 10 aromatic carbocycles. The lowest BCUT2D eigenvalue weighted by molar-refractivity contribution is 1.28. The topological polar surface area (TPSA) is 15.3 Å². The summed E-state index contributed by atoms with van der Waals surface area (Å²) in [6, 6.07) is 89.0. The molecule has 0 amide bonds. The van der Waals surface area contributed by atoms with Gasteiger partial charge in [-0.2, -0.15) is 0 Å². The number of hydrogen-bond donors (Lipinski definition) is 1. The van der Waals surface area contributed by atoms with Crippen LogP contribution in [0.15, 0.2) is 249 Å². The molecule has 0 fully saturated rings. The third-order valence-electron chi connectivity index (χ3n) is 11.3. The average Bonchev–Trinajstić information content (AvgIpc) is 3.33. The Hall–Kier alpha value is -7.94. The molecule has 10 rings (SSSR count). The van der Waals surface area contributed by atoms with Crippen molar-refractivity contribution in [2.24, 2.45) is 0 Å². The first kappa shape index (κ1) is 36.4. The molecule has 2 heteroatoms. The second kappa shape index (κ2) is 16.5. The first-order valence-corrected chi connectivity index (χ1v) is 20.5. The van der Waals surface area contributed by atoms with Gasteiger partial charge in [0, 0.05) is 33.9 Å². The second-order valence-corrected chi connectivity index (χ2v) is 15.0. The van der Waals surface area contributed by atoms with E-state index in [0.717, 1.165) is 50.7 Å². The fourth-order valence-electron chi connectivity index (χ4n) is 8.38. The molecule has 284 valence electrons. The van der Waals surface area contributed by atoms with E-state index in [4.69, 9.17) is 0 Å². The maximum atomic E-state index is 3.71. The number of rotatable bonds is 10. The van der Waals surface area contributed by atoms with Crippen molar-refractivity contribution in [3.63, 3.8) is 0 Å². The van der Waals surface area contributed by atoms with Gasteiger partial charge in [0.25, 0.3) is 0 Å². The zero-order chi connectivity index (χ0) is 40.1. The number of anilines is 5. The van der Waals surface area contributed by atoms with Crippen LogP contribution in [0.3, 0.4) is 0 Å². The molecule has 0 radical (unpaired) electrons. The average molecular weight is 767 g/mol. The Bertz CT molecular complexity index is 3020. The number of hydrogen-bond acceptors (Lipinski definition) is 2. The summed E-state index contributed by atoms with van der Waals surface area (Å²) in [4.78, 5) is 2.37. The Balaban J connectivity index is 1.02. The maximum Gasteiger partial charge on any atom is 0.0540 e. The van der Waals surface area contributed by atoms with Gasteiger partial charge < -0.3 is 10.2 Å². The first-order valence-electron chi connectivity index (χ1n) is 20.5. The standard InChI is InChI=1S/C58H42N2/c1-4-18-46(19-5-1)58-55(30-16-31-56(58)59-49-23-6-2-7-24-49)48-22-14-21-47(41-48)54-28-12-13-32-57(54)60(50-25-8-3-9-26-50)51-39-37-43(38-40-51)42-33-35-45(36-34-42)53-29-15-20-44-17-10-11-27-52(44)53/h1-41,59H. The highest BCUT2D eigenvalue weighted by molar-refractivity contribution is 5.98. The summed E-state index contributed by atoms with van der Waals surface area (Å²) in [5.74, 6) is 0. The van der Waals surface area contributed by atoms with Crippen molar-refractivity contribution in [2.75, 3.05) is 10.2 Å². The van der Waals surface area contributed by atoms with Gasteiger partial charge in [-0.15, -0.1) is 0 Å². The van der Waals surface area contributed by atoms with Crippen molar-refractivity contribution in [1.82, 2.24) is 0 Å². The van der Waals surface area contributed by atoms with Gasteiger partial charge in [0.15, 0.2) is 0 Å². The van der Waals surface area contributed by atoms with Gasteiger partial charge >= 0.3 is 0 Å². The highest BCUT2D eigenvalue weighted by Crippen LogP contribution is 2.44. The molecule has 0 bridgehead atoms. The van der Waals surface area contributed by atoms with E-state index in [0.29, 0.717) is 0 Å². The summed E-state index contributed by atoms with van der Waals surface area (Å²) < 4.78 is 0. The van der Waals surface area contributed by atoms with Crippen LogP contribution in [-0.2, 0) is 0 Å². The summed E-state index contributed by atoms with van der Waals surface area (Å²) in [6.07, 6.45) is 0. The lowest BCUT2D eigenvalue weighted by Crippen LogP contribution is -2.11. The molecule has 0 saturated heterocycles. The lowest BCUT2D eigenvalue weighted by Gasteiger charge is -2.28. The van der Waals surface area contributed by atoms with Crippen LogP contribution in [0.4, 0.5) is 28.4 Å². The van der Waals surface area contributed by atoms with Crippen LogP contribution in [-0.4, -0.2) is 0 Å². The monoisotopic (exact) mass is 766 g/mol. The molecule has 0 spiro atoms. The summed E-state index contributed by atoms with van der Waals surface area (Å²) in [5.41, 5.74) is 17.2. The quantitative estimate of drug-likeness (QED) is 0.149. The molecule has 1 N–H and O–H groups in total. The van der Waals surface area contributed by atoms with E-state index in [9.17, 15) is 0 Å². The Morgan fingerprint density at radius 1 is 0.300 bits per heavy atom. The molecule has 60 heavy (non-hydrogen) atoms. The van der Waals surface area contributed by atoms with Gasteiger partial charge in [-0.25, -0.2) is 0 Å². The van der Waals surface area contributed by atoms with Crippen LogP contribution in [0.25, 0.3) is 66.4 Å². The third kappa shape index (κ3) is 7.35. The zero-order valence-corrected chi connectivity index (χ0v) is 33.1. The maximum absolute atomic E-state index is 3.71. The number of nitrogens with zero attached hydrogens (tertiary/aromatic N) is 1. The number of nitrogens with one attached hydrogen (secondary N) is 1. The Morgan fingerprint density at radius 2 is 0.800 bits per heavy atom. The minimum atomic E-state index is 1.05. The predicted molar refractivity (Wildman–Crippen MR) is 256 cm³/mol. The number of benzene rings is 10. The minimum absolute atomic E-state index is 1.05. The molecular formula is C58H42N2. The van der Waals surface area contributed by atoms with E-state index in [2.05, 4.69) is 253 Å². The summed E-state index contributed by atoms with van der Waals surface area (Å²) in [7, 11) is 0. The van der Waals surface area contributed by atoms with Crippen molar-refractivity contribution in [3.8, 4) is 55.6 Å². The van der Waals surface area contributed by atoms with Crippen molar-refractivity contribution >= 4 is 39.2 Å². The van der Waals surface area contributed by atoms with Crippen LogP contribution >= 0.6 is 0 Å². The summed E-state index contributed by atoms with van der Waals surface area (Å²) in [6.45, 7) is 0. The molecule has 0 atom stereocenters. The molecule has 0 aliphatic rings. The molecule has 0 unspecified atom stereocenters. The lowest BCUT2D eigenvalue weighted by atomic mass is 9.91. The van der Waals surface area contributed by atoms with Crippen LogP contribution in [0.2, 0.25) is 0 Å². The van der Waals surface area contributed by atoms with Crippen molar-refractivity contribution in [1.29, 1.82) is 0 Å². The molecule has 10 aromatic rings. The molecular weight excluding hydrogens is 725 g/mol. The molecule has 2 nitrogen and oxygen atoms in total. The largest absolute Gasteiger partial charge is 0.355 e. The fourth-order valence-corrected chi connectivity index (χ4v) is 8.38. The smallest absolute Gasteiger partial charge is 0.0540 e. The Morgan fingerprint density at radius 3 is 1.57 bits per heavy atom. The van der Waals surface area contributed by atoms with Crippen LogP contribution in [0.5, 0.6) is 0 Å². The van der Waals surface area contributed by atoms with Crippen LogP contribution < -0.4 is 10.2 Å². The van der Waals surface area contributed by atoms with E-state index >= 15 is 0 Å². The predicted octanol–water partition coefficient (Wildman–Crippen LogP) is 16.4. The van der Waals surface area contributed by atoms with E-state index in [1.807, 2.05) is 6.07 Å². The molecule has 0 aliphatic heterocycles. The van der Waals surface area contributed by atoms with Crippen molar-refractivity contribution in [2.45, 2.75) is 0 Å². The van der Waals surface area contributed by atoms with Crippen LogP contribution in [0, 0.1) is 0 Å². The fraction of sp³-hybridized carbons (Fsp3) is 0. The summed E-state index contributed by atoms with van der Waals surface area (Å²) >= 11 is 0. The molecule has 0 aliphatic carbocycles. The van der Waals surface area contributed by atoms with Crippen molar-refractivity contribution in [3.05, 3.63) is 249 Å². The normalized spacial score (nSPS) is 11.0. The van der Waals surface area contributed by atoms with Gasteiger partial charge in [0.2, 0.25) is 0 Å². The van der Waals surface area contributed by atoms with Gasteiger partial charge in [0.05, 0.1) is 5.69 Å². The van der Waals surface area contributed by atoms with E-state index < -0.39 is 0 Å². The Labute approximate surface area is 352 Å². The van der Waals surface area contributed by atoms with Gasteiger partial charge in [-0.3, -0.25) is 0 Å². The number of fused-ring (bicyclic) bond motifs is 1. The van der Waals surface area contributed by atoms with Gasteiger partial charge in [-0.1, -0.05) is 194 Å². The number of para-hydroxylation sites is 3. The third-order valence-corrected chi connectivity index (χ3v) is 11.3. The molecule has 0 aromatic heterocycles. The SMILES string of the molecule is c1ccc(Nc2cccc(-c3cccc(-c4ccccc4N(c4ccccc4)c4ccc(-c5ccc(-c6cccc7ccccc67)cc5)cc4)c3)c2-c2ccccc2)cc1. The van der Waals surface area contributed by atoms with Crippen molar-refractivity contribution < 1.29 is 0 Å². The first-order chi connectivity index (χ1) is 29.8. The zero-order valence-electron chi connectivity index (χ0n) is 33.1. The Kier molecular flexibility index (Phi) is 10.0. The van der Waals surface area contributed by atoms with E-state index in [1.165, 1.54) is 44.2 Å².